The summed E-state index contributed by atoms with van der Waals surface area (Å²) in [7, 11) is 0. The molecule has 2 heterocycles. The second-order valence-electron chi connectivity index (χ2n) is 8.95. The Hall–Kier alpha value is -2.94. The van der Waals surface area contributed by atoms with Gasteiger partial charge in [0.15, 0.2) is 5.13 Å². The van der Waals surface area contributed by atoms with Gasteiger partial charge in [-0.05, 0) is 54.7 Å². The van der Waals surface area contributed by atoms with E-state index in [9.17, 15) is 9.59 Å². The van der Waals surface area contributed by atoms with Gasteiger partial charge in [0, 0.05) is 42.3 Å². The number of rotatable bonds is 6. The number of aromatic nitrogens is 1. The summed E-state index contributed by atoms with van der Waals surface area (Å²) in [6, 6.07) is 15.8. The van der Waals surface area contributed by atoms with Gasteiger partial charge in [0.25, 0.3) is 5.91 Å². The molecule has 35 heavy (non-hydrogen) atoms. The van der Waals surface area contributed by atoms with Crippen molar-refractivity contribution in [3.63, 3.8) is 0 Å². The number of halogens is 1. The fraction of sp³-hybridized carbons (Fsp3) is 0.346. The van der Waals surface area contributed by atoms with E-state index >= 15 is 0 Å². The topological polar surface area (TPSA) is 77.6 Å². The smallest absolute Gasteiger partial charge is 0.273 e. The molecule has 0 saturated carbocycles. The van der Waals surface area contributed by atoms with Crippen LogP contribution in [0.15, 0.2) is 53.9 Å². The summed E-state index contributed by atoms with van der Waals surface area (Å²) in [5, 5.41) is 9.54. The molecule has 5 rings (SSSR count). The molecule has 1 fully saturated rings. The fourth-order valence-corrected chi connectivity index (χ4v) is 5.53. The van der Waals surface area contributed by atoms with Gasteiger partial charge in [-0.1, -0.05) is 35.9 Å². The summed E-state index contributed by atoms with van der Waals surface area (Å²) in [5.74, 6) is -0.0304. The van der Waals surface area contributed by atoms with Crippen molar-refractivity contribution in [2.75, 3.05) is 38.0 Å². The SMILES string of the molecule is O=C(CN1CCN(C(=O)c2csc(Nc3ccc(Cl)cc3)n2)CC1)NC1CCCc2ccccc21. The molecule has 1 unspecified atom stereocenters. The number of anilines is 2. The monoisotopic (exact) mass is 509 g/mol. The Morgan fingerprint density at radius 3 is 2.63 bits per heavy atom. The highest BCUT2D eigenvalue weighted by atomic mass is 35.5. The standard InChI is InChI=1S/C26H28ClN5O2S/c27-19-8-10-20(11-9-19)28-26-30-23(17-35-26)25(34)32-14-12-31(13-15-32)16-24(33)29-22-7-3-5-18-4-1-2-6-21(18)22/h1-2,4,6,8-11,17,22H,3,5,7,12-16H2,(H,28,30)(H,29,33). The first-order valence-corrected chi connectivity index (χ1v) is 13.2. The van der Waals surface area contributed by atoms with E-state index in [1.807, 2.05) is 23.1 Å². The largest absolute Gasteiger partial charge is 0.348 e. The van der Waals surface area contributed by atoms with Crippen LogP contribution < -0.4 is 10.6 Å². The van der Waals surface area contributed by atoms with E-state index in [4.69, 9.17) is 11.6 Å². The van der Waals surface area contributed by atoms with E-state index in [0.29, 0.717) is 48.6 Å². The number of fused-ring (bicyclic) bond motifs is 1. The molecule has 7 nitrogen and oxygen atoms in total. The molecule has 0 radical (unpaired) electrons. The number of hydrogen-bond acceptors (Lipinski definition) is 6. The van der Waals surface area contributed by atoms with Gasteiger partial charge in [0.05, 0.1) is 12.6 Å². The van der Waals surface area contributed by atoms with Gasteiger partial charge < -0.3 is 15.5 Å². The first-order valence-electron chi connectivity index (χ1n) is 11.9. The molecular weight excluding hydrogens is 482 g/mol. The number of carbonyl (C=O) groups excluding carboxylic acids is 2. The van der Waals surface area contributed by atoms with Gasteiger partial charge in [0.2, 0.25) is 5.91 Å². The average Bonchev–Trinajstić information content (AvgIpc) is 3.34. The number of nitrogens with one attached hydrogen (secondary N) is 2. The normalized spacial score (nSPS) is 18.1. The molecule has 0 spiro atoms. The van der Waals surface area contributed by atoms with Crippen LogP contribution in [0, 0.1) is 0 Å². The Kier molecular flexibility index (Phi) is 7.32. The van der Waals surface area contributed by atoms with Crippen LogP contribution in [0.2, 0.25) is 5.02 Å². The minimum atomic E-state index is -0.0756. The van der Waals surface area contributed by atoms with Crippen molar-refractivity contribution < 1.29 is 9.59 Å². The molecule has 2 aliphatic rings. The predicted octanol–water partition coefficient (Wildman–Crippen LogP) is 4.49. The van der Waals surface area contributed by atoms with Crippen molar-refractivity contribution in [2.24, 2.45) is 0 Å². The predicted molar refractivity (Wildman–Crippen MR) is 139 cm³/mol. The van der Waals surface area contributed by atoms with Crippen molar-refractivity contribution >= 4 is 45.6 Å². The number of benzene rings is 2. The van der Waals surface area contributed by atoms with Crippen LogP contribution in [0.25, 0.3) is 0 Å². The lowest BCUT2D eigenvalue weighted by Gasteiger charge is -2.34. The molecule has 182 valence electrons. The van der Waals surface area contributed by atoms with E-state index in [0.717, 1.165) is 24.9 Å². The van der Waals surface area contributed by atoms with E-state index in [1.165, 1.54) is 22.5 Å². The van der Waals surface area contributed by atoms with Gasteiger partial charge in [-0.15, -0.1) is 11.3 Å². The van der Waals surface area contributed by atoms with E-state index < -0.39 is 0 Å². The molecule has 0 bridgehead atoms. The zero-order chi connectivity index (χ0) is 24.2. The van der Waals surface area contributed by atoms with Gasteiger partial charge in [-0.25, -0.2) is 4.98 Å². The average molecular weight is 510 g/mol. The Labute approximate surface area is 214 Å². The van der Waals surface area contributed by atoms with Gasteiger partial charge in [0.1, 0.15) is 5.69 Å². The van der Waals surface area contributed by atoms with Crippen molar-refractivity contribution in [1.29, 1.82) is 0 Å². The van der Waals surface area contributed by atoms with Crippen molar-refractivity contribution in [3.8, 4) is 0 Å². The maximum Gasteiger partial charge on any atom is 0.273 e. The Bertz CT molecular complexity index is 1190. The van der Waals surface area contributed by atoms with Crippen molar-refractivity contribution in [2.45, 2.75) is 25.3 Å². The minimum Gasteiger partial charge on any atom is -0.348 e. The molecule has 1 aliphatic carbocycles. The lowest BCUT2D eigenvalue weighted by atomic mass is 9.88. The molecule has 1 saturated heterocycles. The van der Waals surface area contributed by atoms with Crippen LogP contribution >= 0.6 is 22.9 Å². The molecule has 9 heteroatoms. The zero-order valence-electron chi connectivity index (χ0n) is 19.4. The first-order chi connectivity index (χ1) is 17.0. The van der Waals surface area contributed by atoms with Crippen LogP contribution in [-0.2, 0) is 11.2 Å². The lowest BCUT2D eigenvalue weighted by molar-refractivity contribution is -0.123. The van der Waals surface area contributed by atoms with E-state index in [-0.39, 0.29) is 17.9 Å². The maximum absolute atomic E-state index is 12.9. The van der Waals surface area contributed by atoms with E-state index in [1.54, 1.807) is 17.5 Å². The third kappa shape index (κ3) is 5.83. The second-order valence-corrected chi connectivity index (χ2v) is 10.2. The summed E-state index contributed by atoms with van der Waals surface area (Å²) in [4.78, 5) is 34.1. The van der Waals surface area contributed by atoms with Crippen LogP contribution in [0.5, 0.6) is 0 Å². The molecule has 2 aromatic carbocycles. The number of nitrogens with zero attached hydrogens (tertiary/aromatic N) is 3. The van der Waals surface area contributed by atoms with Crippen molar-refractivity contribution in [1.82, 2.24) is 20.1 Å². The summed E-state index contributed by atoms with van der Waals surface area (Å²) in [5.41, 5.74) is 3.89. The highest BCUT2D eigenvalue weighted by Gasteiger charge is 2.26. The second kappa shape index (κ2) is 10.8. The number of amides is 2. The molecule has 2 N–H and O–H groups in total. The number of thiazole rings is 1. The third-order valence-corrected chi connectivity index (χ3v) is 7.56. The fourth-order valence-electron chi connectivity index (χ4n) is 4.70. The van der Waals surface area contributed by atoms with E-state index in [2.05, 4.69) is 38.7 Å². The first kappa shape index (κ1) is 23.8. The summed E-state index contributed by atoms with van der Waals surface area (Å²) in [6.45, 7) is 2.85. The summed E-state index contributed by atoms with van der Waals surface area (Å²) in [6.07, 6.45) is 3.15. The van der Waals surface area contributed by atoms with Gasteiger partial charge in [-0.2, -0.15) is 0 Å². The highest BCUT2D eigenvalue weighted by molar-refractivity contribution is 7.14. The number of hydrogen-bond donors (Lipinski definition) is 2. The Morgan fingerprint density at radius 2 is 1.83 bits per heavy atom. The quantitative estimate of drug-likeness (QED) is 0.512. The molecule has 1 aliphatic heterocycles. The van der Waals surface area contributed by atoms with Gasteiger partial charge in [-0.3, -0.25) is 14.5 Å². The van der Waals surface area contributed by atoms with Crippen LogP contribution in [0.4, 0.5) is 10.8 Å². The molecule has 3 aromatic rings. The zero-order valence-corrected chi connectivity index (χ0v) is 20.9. The van der Waals surface area contributed by atoms with Crippen LogP contribution in [0.3, 0.4) is 0 Å². The Balaban J connectivity index is 1.10. The van der Waals surface area contributed by atoms with Crippen molar-refractivity contribution in [3.05, 3.63) is 75.8 Å². The summed E-state index contributed by atoms with van der Waals surface area (Å²) < 4.78 is 0. The van der Waals surface area contributed by atoms with Crippen LogP contribution in [-0.4, -0.2) is 59.3 Å². The minimum absolute atomic E-state index is 0.0453. The van der Waals surface area contributed by atoms with Gasteiger partial charge >= 0.3 is 0 Å². The highest BCUT2D eigenvalue weighted by Crippen LogP contribution is 2.29. The maximum atomic E-state index is 12.9. The number of piperazine rings is 1. The third-order valence-electron chi connectivity index (χ3n) is 6.55. The lowest BCUT2D eigenvalue weighted by Crippen LogP contribution is -2.51. The molecule has 2 amide bonds. The number of carbonyl (C=O) groups is 2. The van der Waals surface area contributed by atoms with Crippen LogP contribution in [0.1, 0.15) is 40.5 Å². The number of aryl methyl sites for hydroxylation is 1. The molecular formula is C26H28ClN5O2S. The molecule has 1 aromatic heterocycles. The Morgan fingerprint density at radius 1 is 1.06 bits per heavy atom. The molecule has 1 atom stereocenters. The summed E-state index contributed by atoms with van der Waals surface area (Å²) >= 11 is 7.33.